The minimum atomic E-state index is -0.298. The number of aromatic amines is 1. The molecule has 0 radical (unpaired) electrons. The molecule has 86 valence electrons. The summed E-state index contributed by atoms with van der Waals surface area (Å²) in [6.07, 6.45) is 4.77. The van der Waals surface area contributed by atoms with E-state index in [1.54, 1.807) is 0 Å². The molecule has 1 aromatic heterocycles. The van der Waals surface area contributed by atoms with Crippen molar-refractivity contribution >= 4 is 11.9 Å². The molecule has 0 fully saturated rings. The van der Waals surface area contributed by atoms with Gasteiger partial charge in [-0.05, 0) is 18.1 Å². The van der Waals surface area contributed by atoms with E-state index in [0.717, 1.165) is 6.42 Å². The van der Waals surface area contributed by atoms with Crippen LogP contribution in [0.3, 0.4) is 0 Å². The molecule has 0 unspecified atom stereocenters. The van der Waals surface area contributed by atoms with Gasteiger partial charge in [0.2, 0.25) is 5.88 Å². The molecule has 0 aliphatic rings. The molecule has 0 saturated carbocycles. The minimum Gasteiger partial charge on any atom is -0.480 e. The number of hydrogen-bond donors (Lipinski definition) is 1. The van der Waals surface area contributed by atoms with E-state index in [4.69, 9.17) is 4.74 Å². The Morgan fingerprint density at radius 2 is 2.38 bits per heavy atom. The number of carbonyl (C=O) groups is 1. The lowest BCUT2D eigenvalue weighted by atomic mass is 10.0. The zero-order valence-corrected chi connectivity index (χ0v) is 9.32. The second-order valence-electron chi connectivity index (χ2n) is 3.19. The van der Waals surface area contributed by atoms with E-state index in [2.05, 4.69) is 9.97 Å². The van der Waals surface area contributed by atoms with Crippen LogP contribution in [0.15, 0.2) is 17.2 Å². The number of H-pyrrole nitrogens is 1. The van der Waals surface area contributed by atoms with Crippen molar-refractivity contribution in [2.45, 2.75) is 19.8 Å². The Morgan fingerprint density at radius 3 is 2.94 bits per heavy atom. The molecule has 16 heavy (non-hydrogen) atoms. The van der Waals surface area contributed by atoms with E-state index in [1.807, 2.05) is 6.92 Å². The maximum Gasteiger partial charge on any atom is 0.262 e. The van der Waals surface area contributed by atoms with Gasteiger partial charge >= 0.3 is 0 Å². The summed E-state index contributed by atoms with van der Waals surface area (Å²) >= 11 is 0. The van der Waals surface area contributed by atoms with E-state index in [0.29, 0.717) is 23.8 Å². The number of ether oxygens (including phenoxy) is 1. The van der Waals surface area contributed by atoms with Gasteiger partial charge in [0.15, 0.2) is 0 Å². The van der Waals surface area contributed by atoms with Gasteiger partial charge in [-0.1, -0.05) is 13.3 Å². The van der Waals surface area contributed by atoms with Crippen molar-refractivity contribution < 1.29 is 9.53 Å². The highest BCUT2D eigenvalue weighted by Crippen LogP contribution is 2.22. The molecule has 1 heterocycles. The van der Waals surface area contributed by atoms with E-state index in [-0.39, 0.29) is 11.4 Å². The number of methoxy groups -OCH3 is 1. The molecule has 5 nitrogen and oxygen atoms in total. The van der Waals surface area contributed by atoms with Gasteiger partial charge in [0.05, 0.1) is 13.4 Å². The van der Waals surface area contributed by atoms with Crippen molar-refractivity contribution in [3.8, 4) is 5.88 Å². The quantitative estimate of drug-likeness (QED) is 0.599. The fraction of sp³-hybridized carbons (Fsp3) is 0.364. The normalized spacial score (nSPS) is 11.2. The van der Waals surface area contributed by atoms with Crippen LogP contribution in [0.1, 0.15) is 25.3 Å². The molecule has 5 heteroatoms. The van der Waals surface area contributed by atoms with E-state index < -0.39 is 0 Å². The second kappa shape index (κ2) is 5.85. The van der Waals surface area contributed by atoms with Crippen molar-refractivity contribution in [1.82, 2.24) is 9.97 Å². The number of hydrogen-bond acceptors (Lipinski definition) is 4. The largest absolute Gasteiger partial charge is 0.480 e. The maximum atomic E-state index is 11.7. The van der Waals surface area contributed by atoms with Gasteiger partial charge in [-0.3, -0.25) is 9.59 Å². The van der Waals surface area contributed by atoms with Gasteiger partial charge in [0.1, 0.15) is 11.8 Å². The summed E-state index contributed by atoms with van der Waals surface area (Å²) < 4.78 is 5.01. The third-order valence-corrected chi connectivity index (χ3v) is 2.12. The molecule has 0 bridgehead atoms. The molecule has 0 spiro atoms. The number of aldehydes is 1. The fourth-order valence-electron chi connectivity index (χ4n) is 1.46. The van der Waals surface area contributed by atoms with Crippen LogP contribution in [0, 0.1) is 0 Å². The van der Waals surface area contributed by atoms with Crippen LogP contribution < -0.4 is 10.3 Å². The average molecular weight is 222 g/mol. The van der Waals surface area contributed by atoms with Crippen LogP contribution in [0.4, 0.5) is 0 Å². The molecule has 1 rings (SSSR count). The standard InChI is InChI=1S/C11H14N2O3/c1-3-4-8(5-6-14)9-10(15)12-7-13-11(9)16-2/h5-7H,3-4H2,1-2H3,(H,12,13,15)/b8-5-. The molecule has 0 aliphatic carbocycles. The number of nitrogens with zero attached hydrogens (tertiary/aromatic N) is 1. The smallest absolute Gasteiger partial charge is 0.262 e. The lowest BCUT2D eigenvalue weighted by Crippen LogP contribution is -2.14. The summed E-state index contributed by atoms with van der Waals surface area (Å²) in [7, 11) is 1.44. The first-order valence-corrected chi connectivity index (χ1v) is 5.01. The van der Waals surface area contributed by atoms with Gasteiger partial charge in [-0.25, -0.2) is 4.98 Å². The van der Waals surface area contributed by atoms with Crippen molar-refractivity contribution in [3.05, 3.63) is 28.3 Å². The van der Waals surface area contributed by atoms with Crippen LogP contribution in [0.25, 0.3) is 5.57 Å². The van der Waals surface area contributed by atoms with Gasteiger partial charge in [0, 0.05) is 0 Å². The van der Waals surface area contributed by atoms with Crippen LogP contribution in [0.5, 0.6) is 5.88 Å². The van der Waals surface area contributed by atoms with Crippen LogP contribution in [0.2, 0.25) is 0 Å². The zero-order valence-electron chi connectivity index (χ0n) is 9.32. The number of allylic oxidation sites excluding steroid dienone is 2. The summed E-state index contributed by atoms with van der Waals surface area (Å²) in [4.78, 5) is 28.6. The number of nitrogens with one attached hydrogen (secondary N) is 1. The monoisotopic (exact) mass is 222 g/mol. The molecular weight excluding hydrogens is 208 g/mol. The number of aromatic nitrogens is 2. The van der Waals surface area contributed by atoms with Crippen molar-refractivity contribution in [1.29, 1.82) is 0 Å². The molecule has 0 saturated heterocycles. The van der Waals surface area contributed by atoms with Gasteiger partial charge in [-0.15, -0.1) is 0 Å². The molecule has 0 aliphatic heterocycles. The third-order valence-electron chi connectivity index (χ3n) is 2.12. The Labute approximate surface area is 93.2 Å². The van der Waals surface area contributed by atoms with E-state index in [9.17, 15) is 9.59 Å². The first-order chi connectivity index (χ1) is 7.74. The first kappa shape index (κ1) is 12.2. The Balaban J connectivity index is 3.33. The SMILES string of the molecule is CCC/C(=C/C=O)c1c(OC)nc[nH]c1=O. The molecule has 1 N–H and O–H groups in total. The summed E-state index contributed by atoms with van der Waals surface area (Å²) in [5.41, 5.74) is 0.677. The van der Waals surface area contributed by atoms with E-state index >= 15 is 0 Å². The molecule has 0 amide bonds. The van der Waals surface area contributed by atoms with Gasteiger partial charge in [0.25, 0.3) is 5.56 Å². The summed E-state index contributed by atoms with van der Waals surface area (Å²) in [6.45, 7) is 1.97. The summed E-state index contributed by atoms with van der Waals surface area (Å²) in [5.74, 6) is 0.241. The molecule has 1 aromatic rings. The summed E-state index contributed by atoms with van der Waals surface area (Å²) in [5, 5.41) is 0. The average Bonchev–Trinajstić information content (AvgIpc) is 2.28. The maximum absolute atomic E-state index is 11.7. The van der Waals surface area contributed by atoms with Gasteiger partial charge < -0.3 is 9.72 Å². The Kier molecular flexibility index (Phi) is 4.44. The van der Waals surface area contributed by atoms with Crippen molar-refractivity contribution in [2.75, 3.05) is 7.11 Å². The molecule has 0 aromatic carbocycles. The van der Waals surface area contributed by atoms with E-state index in [1.165, 1.54) is 19.5 Å². The highest BCUT2D eigenvalue weighted by Gasteiger charge is 2.13. The lowest BCUT2D eigenvalue weighted by molar-refractivity contribution is -0.104. The van der Waals surface area contributed by atoms with Crippen molar-refractivity contribution in [3.63, 3.8) is 0 Å². The van der Waals surface area contributed by atoms with Crippen LogP contribution in [-0.4, -0.2) is 23.4 Å². The highest BCUT2D eigenvalue weighted by atomic mass is 16.5. The topological polar surface area (TPSA) is 72.0 Å². The summed E-state index contributed by atoms with van der Waals surface area (Å²) in [6, 6.07) is 0. The zero-order chi connectivity index (χ0) is 12.0. The van der Waals surface area contributed by atoms with Crippen LogP contribution >= 0.6 is 0 Å². The Bertz CT molecular complexity index is 449. The Hall–Kier alpha value is -1.91. The van der Waals surface area contributed by atoms with Crippen molar-refractivity contribution in [2.24, 2.45) is 0 Å². The minimum absolute atomic E-state index is 0.241. The molecule has 0 atom stereocenters. The first-order valence-electron chi connectivity index (χ1n) is 5.01. The Morgan fingerprint density at radius 1 is 1.62 bits per heavy atom. The molecular formula is C11H14N2O3. The highest BCUT2D eigenvalue weighted by molar-refractivity contribution is 5.82. The third kappa shape index (κ3) is 2.56. The fourth-order valence-corrected chi connectivity index (χ4v) is 1.46. The number of carbonyl (C=O) groups excluding carboxylic acids is 1. The second-order valence-corrected chi connectivity index (χ2v) is 3.19. The van der Waals surface area contributed by atoms with Gasteiger partial charge in [-0.2, -0.15) is 0 Å². The predicted octanol–water partition coefficient (Wildman–Crippen LogP) is 1.16. The predicted molar refractivity (Wildman–Crippen MR) is 60.4 cm³/mol. The van der Waals surface area contributed by atoms with Crippen LogP contribution in [-0.2, 0) is 4.79 Å². The number of rotatable bonds is 5. The lowest BCUT2D eigenvalue weighted by Gasteiger charge is -2.08.